The summed E-state index contributed by atoms with van der Waals surface area (Å²) in [5, 5.41) is 24.5. The van der Waals surface area contributed by atoms with E-state index in [2.05, 4.69) is 20.6 Å². The average molecular weight is 267 g/mol. The van der Waals surface area contributed by atoms with E-state index in [1.807, 2.05) is 6.92 Å². The average Bonchev–Trinajstić information content (AvgIpc) is 2.98. The summed E-state index contributed by atoms with van der Waals surface area (Å²) in [5.41, 5.74) is 0.427. The summed E-state index contributed by atoms with van der Waals surface area (Å²) in [6.45, 7) is 2.33. The molecule has 0 saturated heterocycles. The lowest BCUT2D eigenvalue weighted by Crippen LogP contribution is -2.11. The highest BCUT2D eigenvalue weighted by Gasteiger charge is 2.11. The highest BCUT2D eigenvalue weighted by atomic mass is 32.1. The second kappa shape index (κ2) is 5.69. The van der Waals surface area contributed by atoms with Crippen LogP contribution in [0.3, 0.4) is 0 Å². The van der Waals surface area contributed by atoms with E-state index in [9.17, 15) is 4.79 Å². The Balaban J connectivity index is 2.02. The monoisotopic (exact) mass is 267 g/mol. The Morgan fingerprint density at radius 3 is 3.06 bits per heavy atom. The van der Waals surface area contributed by atoms with Gasteiger partial charge in [0.2, 0.25) is 5.13 Å². The molecular formula is C10H13N5O2S. The van der Waals surface area contributed by atoms with Crippen LogP contribution < -0.4 is 5.32 Å². The summed E-state index contributed by atoms with van der Waals surface area (Å²) in [6, 6.07) is 0. The zero-order valence-corrected chi connectivity index (χ0v) is 10.6. The molecule has 0 aromatic carbocycles. The third-order valence-electron chi connectivity index (χ3n) is 2.21. The van der Waals surface area contributed by atoms with Crippen LogP contribution in [0, 0.1) is 0 Å². The second-order valence-corrected chi connectivity index (χ2v) is 4.59. The number of anilines is 1. The van der Waals surface area contributed by atoms with Gasteiger partial charge in [-0.15, -0.1) is 10.2 Å². The van der Waals surface area contributed by atoms with Gasteiger partial charge in [0.1, 0.15) is 5.01 Å². The fourth-order valence-corrected chi connectivity index (χ4v) is 2.00. The third kappa shape index (κ3) is 2.90. The van der Waals surface area contributed by atoms with Gasteiger partial charge in [-0.25, -0.2) is 0 Å². The van der Waals surface area contributed by atoms with Crippen molar-refractivity contribution >= 4 is 22.4 Å². The molecule has 0 aliphatic rings. The zero-order chi connectivity index (χ0) is 13.0. The molecule has 96 valence electrons. The van der Waals surface area contributed by atoms with Crippen LogP contribution >= 0.6 is 11.3 Å². The van der Waals surface area contributed by atoms with Gasteiger partial charge in [-0.2, -0.15) is 5.10 Å². The van der Waals surface area contributed by atoms with Crippen LogP contribution in [0.5, 0.6) is 0 Å². The first-order chi connectivity index (χ1) is 8.72. The van der Waals surface area contributed by atoms with Crippen LogP contribution in [0.25, 0.3) is 0 Å². The van der Waals surface area contributed by atoms with E-state index in [4.69, 9.17) is 5.11 Å². The third-order valence-corrected chi connectivity index (χ3v) is 3.20. The lowest BCUT2D eigenvalue weighted by Gasteiger charge is -1.97. The highest BCUT2D eigenvalue weighted by Crippen LogP contribution is 2.16. The van der Waals surface area contributed by atoms with Gasteiger partial charge in [0, 0.05) is 6.20 Å². The van der Waals surface area contributed by atoms with E-state index >= 15 is 0 Å². The minimum Gasteiger partial charge on any atom is -0.394 e. The van der Waals surface area contributed by atoms with Gasteiger partial charge in [0.05, 0.1) is 24.9 Å². The van der Waals surface area contributed by atoms with Gasteiger partial charge in [-0.3, -0.25) is 14.8 Å². The maximum atomic E-state index is 11.8. The summed E-state index contributed by atoms with van der Waals surface area (Å²) in [6.07, 6.45) is 3.82. The second-order valence-electron chi connectivity index (χ2n) is 3.52. The molecule has 7 nitrogen and oxygen atoms in total. The lowest BCUT2D eigenvalue weighted by molar-refractivity contribution is 0.102. The molecule has 0 aliphatic heterocycles. The Hall–Kier alpha value is -1.80. The van der Waals surface area contributed by atoms with E-state index in [-0.39, 0.29) is 12.5 Å². The first-order valence-electron chi connectivity index (χ1n) is 5.50. The molecule has 2 aromatic rings. The predicted octanol–water partition coefficient (Wildman–Crippen LogP) is 0.542. The Labute approximate surface area is 107 Å². The Bertz CT molecular complexity index is 536. The Morgan fingerprint density at radius 2 is 2.39 bits per heavy atom. The minimum atomic E-state index is -0.280. The number of amides is 1. The Kier molecular flexibility index (Phi) is 4.00. The number of hydrogen-bond acceptors (Lipinski definition) is 6. The Morgan fingerprint density at radius 1 is 1.56 bits per heavy atom. The molecule has 18 heavy (non-hydrogen) atoms. The summed E-state index contributed by atoms with van der Waals surface area (Å²) in [4.78, 5) is 11.8. The van der Waals surface area contributed by atoms with Crippen molar-refractivity contribution < 1.29 is 9.90 Å². The molecule has 0 aliphatic carbocycles. The number of carbonyl (C=O) groups is 1. The van der Waals surface area contributed by atoms with Crippen LogP contribution in [-0.2, 0) is 13.0 Å². The number of nitrogens with one attached hydrogen (secondary N) is 1. The van der Waals surface area contributed by atoms with Crippen molar-refractivity contribution in [2.24, 2.45) is 0 Å². The molecular weight excluding hydrogens is 254 g/mol. The summed E-state index contributed by atoms with van der Waals surface area (Å²) < 4.78 is 1.51. The first kappa shape index (κ1) is 12.7. The number of aryl methyl sites for hydroxylation is 1. The van der Waals surface area contributed by atoms with E-state index in [1.54, 1.807) is 6.20 Å². The van der Waals surface area contributed by atoms with Crippen LogP contribution in [0.4, 0.5) is 5.13 Å². The molecule has 0 spiro atoms. The zero-order valence-electron chi connectivity index (χ0n) is 9.83. The number of aromatic nitrogens is 4. The van der Waals surface area contributed by atoms with E-state index in [1.165, 1.54) is 22.2 Å². The number of rotatable bonds is 5. The summed E-state index contributed by atoms with van der Waals surface area (Å²) >= 11 is 1.35. The van der Waals surface area contributed by atoms with E-state index in [0.717, 1.165) is 11.4 Å². The standard InChI is InChI=1S/C10H13N5O2S/c1-2-8-13-14-10(18-8)12-9(17)7-5-11-15(6-7)3-4-16/h5-6,16H,2-4H2,1H3,(H,12,14,17). The molecule has 8 heteroatoms. The quantitative estimate of drug-likeness (QED) is 0.824. The fraction of sp³-hybridized carbons (Fsp3) is 0.400. The van der Waals surface area contributed by atoms with Crippen molar-refractivity contribution in [2.45, 2.75) is 19.9 Å². The van der Waals surface area contributed by atoms with Gasteiger partial charge >= 0.3 is 0 Å². The summed E-state index contributed by atoms with van der Waals surface area (Å²) in [7, 11) is 0. The SMILES string of the molecule is CCc1nnc(NC(=O)c2cnn(CCO)c2)s1. The van der Waals surface area contributed by atoms with Crippen molar-refractivity contribution in [2.75, 3.05) is 11.9 Å². The van der Waals surface area contributed by atoms with Crippen molar-refractivity contribution in [3.63, 3.8) is 0 Å². The predicted molar refractivity (Wildman–Crippen MR) is 66.6 cm³/mol. The topological polar surface area (TPSA) is 92.9 Å². The van der Waals surface area contributed by atoms with Crippen LogP contribution in [0.2, 0.25) is 0 Å². The van der Waals surface area contributed by atoms with Crippen LogP contribution in [0.1, 0.15) is 22.3 Å². The van der Waals surface area contributed by atoms with Crippen molar-refractivity contribution in [1.29, 1.82) is 0 Å². The molecule has 1 amide bonds. The molecule has 0 bridgehead atoms. The molecule has 0 radical (unpaired) electrons. The normalized spacial score (nSPS) is 10.6. The molecule has 2 rings (SSSR count). The van der Waals surface area contributed by atoms with Crippen LogP contribution in [0.15, 0.2) is 12.4 Å². The number of aliphatic hydroxyl groups excluding tert-OH is 1. The van der Waals surface area contributed by atoms with E-state index in [0.29, 0.717) is 17.2 Å². The molecule has 0 fully saturated rings. The molecule has 0 saturated carbocycles. The van der Waals surface area contributed by atoms with Crippen molar-refractivity contribution in [3.05, 3.63) is 23.0 Å². The van der Waals surface area contributed by atoms with Crippen molar-refractivity contribution in [1.82, 2.24) is 20.0 Å². The maximum absolute atomic E-state index is 11.8. The highest BCUT2D eigenvalue weighted by molar-refractivity contribution is 7.15. The van der Waals surface area contributed by atoms with Gasteiger partial charge in [0.15, 0.2) is 0 Å². The first-order valence-corrected chi connectivity index (χ1v) is 6.31. The molecule has 2 aromatic heterocycles. The molecule has 0 unspecified atom stereocenters. The molecule has 0 atom stereocenters. The van der Waals surface area contributed by atoms with E-state index < -0.39 is 0 Å². The number of nitrogens with zero attached hydrogens (tertiary/aromatic N) is 4. The molecule has 2 N–H and O–H groups in total. The number of hydrogen-bond donors (Lipinski definition) is 2. The van der Waals surface area contributed by atoms with Gasteiger partial charge < -0.3 is 5.11 Å². The number of aliphatic hydroxyl groups is 1. The van der Waals surface area contributed by atoms with Gasteiger partial charge in [-0.1, -0.05) is 18.3 Å². The summed E-state index contributed by atoms with van der Waals surface area (Å²) in [5.74, 6) is -0.280. The maximum Gasteiger partial charge on any atom is 0.260 e. The van der Waals surface area contributed by atoms with Crippen LogP contribution in [-0.4, -0.2) is 37.6 Å². The number of carbonyl (C=O) groups excluding carboxylic acids is 1. The molecule has 2 heterocycles. The smallest absolute Gasteiger partial charge is 0.260 e. The fourth-order valence-electron chi connectivity index (χ4n) is 1.32. The lowest BCUT2D eigenvalue weighted by atomic mass is 10.3. The van der Waals surface area contributed by atoms with Crippen molar-refractivity contribution in [3.8, 4) is 0 Å². The van der Waals surface area contributed by atoms with Gasteiger partial charge in [0.25, 0.3) is 5.91 Å². The van der Waals surface area contributed by atoms with Gasteiger partial charge in [-0.05, 0) is 6.42 Å². The minimum absolute atomic E-state index is 0.0149. The largest absolute Gasteiger partial charge is 0.394 e.